The average molecular weight is 473 g/mol. The molecule has 1 saturated heterocycles. The Labute approximate surface area is 204 Å². The van der Waals surface area contributed by atoms with Gasteiger partial charge in [0.05, 0.1) is 6.04 Å². The second-order valence-electron chi connectivity index (χ2n) is 6.00. The second-order valence-corrected chi connectivity index (χ2v) is 8.14. The van der Waals surface area contributed by atoms with E-state index in [1.54, 1.807) is 36.4 Å². The molecule has 14 heteroatoms. The number of hydrogen-bond acceptors (Lipinski definition) is 10. The van der Waals surface area contributed by atoms with Gasteiger partial charge in [-0.15, -0.1) is 11.3 Å². The maximum Gasteiger partial charge on any atom is 1.00 e. The molecule has 31 heavy (non-hydrogen) atoms. The summed E-state index contributed by atoms with van der Waals surface area (Å²) in [5.74, 6) is -1.91. The minimum Gasteiger partial charge on any atom is -0.731 e. The summed E-state index contributed by atoms with van der Waals surface area (Å²) in [7, 11) is -3.85. The van der Waals surface area contributed by atoms with Crippen LogP contribution in [0.4, 0.5) is 5.13 Å². The van der Waals surface area contributed by atoms with Gasteiger partial charge in [-0.3, -0.25) is 9.59 Å². The number of nitrogens with zero attached hydrogens (tertiary/aromatic N) is 3. The number of carbonyl (C=O) groups excluding carboxylic acids is 2. The summed E-state index contributed by atoms with van der Waals surface area (Å²) in [6.45, 7) is 0. The van der Waals surface area contributed by atoms with Gasteiger partial charge in [0.1, 0.15) is 18.8 Å². The van der Waals surface area contributed by atoms with Crippen LogP contribution in [0.15, 0.2) is 46.9 Å². The molecular weight excluding hydrogens is 457 g/mol. The minimum absolute atomic E-state index is 0. The van der Waals surface area contributed by atoms with Crippen LogP contribution in [0.1, 0.15) is 11.3 Å². The summed E-state index contributed by atoms with van der Waals surface area (Å²) in [6.07, 6.45) is 2.89. The topological polar surface area (TPSA) is 167 Å². The summed E-state index contributed by atoms with van der Waals surface area (Å²) in [5.41, 5.74) is 6.14. The zero-order valence-electron chi connectivity index (χ0n) is 16.5. The predicted octanol–water partition coefficient (Wildman–Crippen LogP) is -3.05. The molecule has 11 nitrogen and oxygen atoms in total. The Morgan fingerprint density at radius 2 is 2.06 bits per heavy atom. The van der Waals surface area contributed by atoms with Crippen molar-refractivity contribution in [1.82, 2.24) is 14.6 Å². The van der Waals surface area contributed by atoms with Crippen LogP contribution in [0.3, 0.4) is 0 Å². The molecule has 0 spiro atoms. The number of β-lactam (4-membered cyclic amide) rings is 1. The first kappa shape index (κ1) is 25.0. The SMILES string of the molecule is CON=C(C(=O)N[C@H]1C(=O)N(S(=O)(=O)[O-])[C@H]1C=Cc1ccccc1)c1csc(N)n1.[Na+]. The maximum absolute atomic E-state index is 12.6. The van der Waals surface area contributed by atoms with Crippen LogP contribution in [-0.2, 0) is 24.7 Å². The number of carbonyl (C=O) groups is 2. The summed E-state index contributed by atoms with van der Waals surface area (Å²) in [6, 6.07) is 6.32. The minimum atomic E-state index is -5.07. The van der Waals surface area contributed by atoms with Crippen LogP contribution in [0.2, 0.25) is 0 Å². The van der Waals surface area contributed by atoms with Crippen molar-refractivity contribution in [2.45, 2.75) is 12.1 Å². The van der Waals surface area contributed by atoms with Gasteiger partial charge in [0.2, 0.25) is 0 Å². The molecule has 1 aliphatic heterocycles. The second kappa shape index (κ2) is 10.3. The van der Waals surface area contributed by atoms with Gasteiger partial charge in [0.25, 0.3) is 11.8 Å². The van der Waals surface area contributed by atoms with Gasteiger partial charge >= 0.3 is 29.6 Å². The van der Waals surface area contributed by atoms with E-state index in [0.29, 0.717) is 5.56 Å². The molecule has 0 radical (unpaired) electrons. The summed E-state index contributed by atoms with van der Waals surface area (Å²) in [5, 5.41) is 7.63. The largest absolute Gasteiger partial charge is 1.00 e. The van der Waals surface area contributed by atoms with E-state index >= 15 is 0 Å². The first-order valence-electron chi connectivity index (χ1n) is 8.38. The van der Waals surface area contributed by atoms with Crippen molar-refractivity contribution in [2.75, 3.05) is 12.8 Å². The molecule has 2 amide bonds. The van der Waals surface area contributed by atoms with Crippen molar-refractivity contribution < 1.29 is 57.0 Å². The van der Waals surface area contributed by atoms with E-state index in [0.717, 1.165) is 11.3 Å². The van der Waals surface area contributed by atoms with Gasteiger partial charge < -0.3 is 20.4 Å². The number of hydrogen-bond donors (Lipinski definition) is 2. The Hall–Kier alpha value is -2.29. The number of anilines is 1. The van der Waals surface area contributed by atoms with E-state index in [1.807, 2.05) is 0 Å². The van der Waals surface area contributed by atoms with Gasteiger partial charge in [-0.1, -0.05) is 47.6 Å². The summed E-state index contributed by atoms with van der Waals surface area (Å²) in [4.78, 5) is 33.5. The van der Waals surface area contributed by atoms with Crippen LogP contribution in [0.25, 0.3) is 6.08 Å². The molecule has 158 valence electrons. The van der Waals surface area contributed by atoms with E-state index in [9.17, 15) is 22.6 Å². The number of rotatable bonds is 7. The standard InChI is InChI=1S/C17H17N5O6S2.Na/c1-28-21-13(11-9-29-17(18)19-11)15(23)20-14-12(22(16(14)24)30(25,26)27)8-7-10-5-3-2-4-6-10;/h2-9,12,14H,1H3,(H2,18,19)(H,20,23)(H,25,26,27);/q;+1/p-1/t12-,14+;/m0./s1. The Bertz CT molecular complexity index is 1120. The molecule has 0 saturated carbocycles. The third-order valence-electron chi connectivity index (χ3n) is 4.07. The molecule has 1 aliphatic rings. The number of aromatic nitrogens is 1. The fraction of sp³-hybridized carbons (Fsp3) is 0.176. The number of thiazole rings is 1. The van der Waals surface area contributed by atoms with Gasteiger partial charge in [-0.05, 0) is 5.56 Å². The smallest absolute Gasteiger partial charge is 0.731 e. The quantitative estimate of drug-likeness (QED) is 0.141. The normalized spacial score (nSPS) is 19.0. The Morgan fingerprint density at radius 3 is 2.61 bits per heavy atom. The molecule has 3 rings (SSSR count). The number of nitrogens with one attached hydrogen (secondary N) is 1. The summed E-state index contributed by atoms with van der Waals surface area (Å²) >= 11 is 1.07. The molecule has 0 bridgehead atoms. The van der Waals surface area contributed by atoms with Crippen molar-refractivity contribution in [2.24, 2.45) is 5.16 Å². The zero-order chi connectivity index (χ0) is 21.9. The molecule has 1 aromatic carbocycles. The molecule has 3 N–H and O–H groups in total. The molecule has 2 aromatic rings. The maximum atomic E-state index is 12.6. The van der Waals surface area contributed by atoms with Crippen molar-refractivity contribution in [3.63, 3.8) is 0 Å². The summed E-state index contributed by atoms with van der Waals surface area (Å²) < 4.78 is 34.6. The zero-order valence-corrected chi connectivity index (χ0v) is 20.1. The molecule has 2 heterocycles. The number of oxime groups is 1. The first-order valence-corrected chi connectivity index (χ1v) is 10.6. The van der Waals surface area contributed by atoms with Crippen molar-refractivity contribution in [1.29, 1.82) is 0 Å². The number of amides is 2. The monoisotopic (exact) mass is 473 g/mol. The molecule has 1 aromatic heterocycles. The van der Waals surface area contributed by atoms with Gasteiger partial charge in [-0.25, -0.2) is 17.7 Å². The third kappa shape index (κ3) is 5.70. The first-order chi connectivity index (χ1) is 14.2. The van der Waals surface area contributed by atoms with Crippen molar-refractivity contribution in [3.8, 4) is 0 Å². The molecule has 2 atom stereocenters. The predicted molar refractivity (Wildman–Crippen MR) is 108 cm³/mol. The van der Waals surface area contributed by atoms with Crippen LogP contribution >= 0.6 is 11.3 Å². The van der Waals surface area contributed by atoms with Crippen LogP contribution in [0, 0.1) is 0 Å². The van der Waals surface area contributed by atoms with Crippen LogP contribution in [-0.4, -0.2) is 59.0 Å². The number of benzene rings is 1. The van der Waals surface area contributed by atoms with E-state index in [1.165, 1.54) is 18.6 Å². The Morgan fingerprint density at radius 1 is 1.39 bits per heavy atom. The van der Waals surface area contributed by atoms with E-state index < -0.39 is 34.2 Å². The Kier molecular flexibility index (Phi) is 8.34. The average Bonchev–Trinajstić information content (AvgIpc) is 3.12. The molecule has 0 unspecified atom stereocenters. The molecular formula is C17H16N5NaO6S2. The van der Waals surface area contributed by atoms with Crippen LogP contribution < -0.4 is 40.6 Å². The van der Waals surface area contributed by atoms with E-state index in [2.05, 4.69) is 20.3 Å². The number of nitrogen functional groups attached to an aromatic ring is 1. The van der Waals surface area contributed by atoms with Crippen molar-refractivity contribution >= 4 is 50.4 Å². The third-order valence-corrected chi connectivity index (χ3v) is 5.65. The van der Waals surface area contributed by atoms with E-state index in [-0.39, 0.29) is 50.4 Å². The fourth-order valence-corrected chi connectivity index (χ4v) is 4.13. The Balaban J connectivity index is 0.00000341. The van der Waals surface area contributed by atoms with E-state index in [4.69, 9.17) is 5.73 Å². The molecule has 0 aliphatic carbocycles. The van der Waals surface area contributed by atoms with Crippen molar-refractivity contribution in [3.05, 3.63) is 53.0 Å². The van der Waals surface area contributed by atoms with Gasteiger partial charge in [0, 0.05) is 5.38 Å². The number of nitrogens with two attached hydrogens (primary N) is 1. The fourth-order valence-electron chi connectivity index (χ4n) is 2.75. The van der Waals surface area contributed by atoms with Crippen LogP contribution in [0.5, 0.6) is 0 Å². The molecule has 1 fully saturated rings. The van der Waals surface area contributed by atoms with Gasteiger partial charge in [-0.2, -0.15) is 0 Å². The van der Waals surface area contributed by atoms with Gasteiger partial charge in [0.15, 0.2) is 21.1 Å².